The number of hydrogen-bond donors (Lipinski definition) is 1. The van der Waals surface area contributed by atoms with E-state index in [1.54, 1.807) is 18.2 Å². The summed E-state index contributed by atoms with van der Waals surface area (Å²) in [6.07, 6.45) is -2.64. The van der Waals surface area contributed by atoms with E-state index in [0.717, 1.165) is 12.8 Å². The predicted octanol–water partition coefficient (Wildman–Crippen LogP) is 3.61. The fourth-order valence-electron chi connectivity index (χ4n) is 1.88. The van der Waals surface area contributed by atoms with Crippen LogP contribution < -0.4 is 10.6 Å². The smallest absolute Gasteiger partial charge is 0.389 e. The van der Waals surface area contributed by atoms with Gasteiger partial charge in [0.2, 0.25) is 0 Å². The van der Waals surface area contributed by atoms with Gasteiger partial charge in [0.25, 0.3) is 0 Å². The van der Waals surface area contributed by atoms with Crippen LogP contribution >= 0.6 is 28.1 Å². The molecule has 2 rings (SSSR count). The molecule has 0 saturated heterocycles. The summed E-state index contributed by atoms with van der Waals surface area (Å²) in [5.41, 5.74) is 6.66. The fourth-order valence-corrected chi connectivity index (χ4v) is 2.62. The second-order valence-electron chi connectivity index (χ2n) is 4.50. The summed E-state index contributed by atoms with van der Waals surface area (Å²) in [6.45, 7) is -0.942. The molecule has 1 aliphatic carbocycles. The Bertz CT molecular complexity index is 500. The van der Waals surface area contributed by atoms with Crippen molar-refractivity contribution in [2.75, 3.05) is 11.4 Å². The average Bonchev–Trinajstić information content (AvgIpc) is 3.08. The minimum atomic E-state index is -4.22. The summed E-state index contributed by atoms with van der Waals surface area (Å²) < 4.78 is 38.4. The Morgan fingerprint density at radius 2 is 2.05 bits per heavy atom. The fraction of sp³-hybridized carbons (Fsp3) is 0.417. The second-order valence-corrected chi connectivity index (χ2v) is 5.80. The van der Waals surface area contributed by atoms with Crippen molar-refractivity contribution in [2.45, 2.75) is 25.1 Å². The number of alkyl halides is 3. The highest BCUT2D eigenvalue weighted by Gasteiger charge is 2.38. The van der Waals surface area contributed by atoms with E-state index in [0.29, 0.717) is 15.7 Å². The van der Waals surface area contributed by atoms with Crippen LogP contribution in [0, 0.1) is 0 Å². The number of nitrogens with two attached hydrogens (primary N) is 1. The van der Waals surface area contributed by atoms with Gasteiger partial charge in [0.15, 0.2) is 0 Å². The van der Waals surface area contributed by atoms with E-state index in [2.05, 4.69) is 15.9 Å². The maximum atomic E-state index is 12.6. The zero-order chi connectivity index (χ0) is 14.2. The molecule has 19 heavy (non-hydrogen) atoms. The third kappa shape index (κ3) is 3.82. The molecule has 0 radical (unpaired) electrons. The zero-order valence-electron chi connectivity index (χ0n) is 9.88. The van der Waals surface area contributed by atoms with Crippen LogP contribution in [0.2, 0.25) is 0 Å². The van der Waals surface area contributed by atoms with E-state index >= 15 is 0 Å². The summed E-state index contributed by atoms with van der Waals surface area (Å²) in [5, 5.41) is 0. The topological polar surface area (TPSA) is 29.3 Å². The van der Waals surface area contributed by atoms with E-state index in [1.807, 2.05) is 0 Å². The van der Waals surface area contributed by atoms with Crippen molar-refractivity contribution in [1.29, 1.82) is 0 Å². The SMILES string of the molecule is NC(=S)c1ccc(N(CC(F)(F)F)C2CC2)c(Br)c1. The van der Waals surface area contributed by atoms with Gasteiger partial charge < -0.3 is 10.6 Å². The molecule has 0 unspecified atom stereocenters. The molecule has 1 saturated carbocycles. The minimum absolute atomic E-state index is 0.0337. The summed E-state index contributed by atoms with van der Waals surface area (Å²) in [5.74, 6) is 0. The largest absolute Gasteiger partial charge is 0.405 e. The van der Waals surface area contributed by atoms with Crippen LogP contribution in [0.25, 0.3) is 0 Å². The third-order valence-corrected chi connectivity index (χ3v) is 3.75. The van der Waals surface area contributed by atoms with E-state index in [-0.39, 0.29) is 11.0 Å². The molecule has 0 bridgehead atoms. The Labute approximate surface area is 122 Å². The van der Waals surface area contributed by atoms with E-state index < -0.39 is 12.7 Å². The van der Waals surface area contributed by atoms with Crippen molar-refractivity contribution in [3.8, 4) is 0 Å². The van der Waals surface area contributed by atoms with E-state index in [9.17, 15) is 13.2 Å². The van der Waals surface area contributed by atoms with Crippen molar-refractivity contribution in [2.24, 2.45) is 5.73 Å². The second kappa shape index (κ2) is 5.28. The Hall–Kier alpha value is -0.820. The summed E-state index contributed by atoms with van der Waals surface area (Å²) in [7, 11) is 0. The first-order valence-electron chi connectivity index (χ1n) is 5.70. The molecule has 0 heterocycles. The Morgan fingerprint density at radius 1 is 1.42 bits per heavy atom. The van der Waals surface area contributed by atoms with Gasteiger partial charge in [0.05, 0.1) is 5.69 Å². The average molecular weight is 353 g/mol. The number of thiocarbonyl (C=S) groups is 1. The van der Waals surface area contributed by atoms with Crippen molar-refractivity contribution in [1.82, 2.24) is 0 Å². The quantitative estimate of drug-likeness (QED) is 0.839. The van der Waals surface area contributed by atoms with Gasteiger partial charge in [-0.3, -0.25) is 0 Å². The summed E-state index contributed by atoms with van der Waals surface area (Å²) in [6, 6.07) is 4.90. The molecule has 104 valence electrons. The molecule has 1 aromatic rings. The highest BCUT2D eigenvalue weighted by molar-refractivity contribution is 9.10. The maximum absolute atomic E-state index is 12.6. The van der Waals surface area contributed by atoms with Gasteiger partial charge in [-0.2, -0.15) is 13.2 Å². The van der Waals surface area contributed by atoms with Crippen LogP contribution in [0.15, 0.2) is 22.7 Å². The van der Waals surface area contributed by atoms with Crippen molar-refractivity contribution in [3.63, 3.8) is 0 Å². The molecule has 2 N–H and O–H groups in total. The summed E-state index contributed by atoms with van der Waals surface area (Å²) >= 11 is 8.14. The maximum Gasteiger partial charge on any atom is 0.405 e. The van der Waals surface area contributed by atoms with Gasteiger partial charge >= 0.3 is 6.18 Å². The van der Waals surface area contributed by atoms with Crippen LogP contribution in [0.4, 0.5) is 18.9 Å². The number of nitrogens with zero attached hydrogens (tertiary/aromatic N) is 1. The van der Waals surface area contributed by atoms with Gasteiger partial charge in [-0.1, -0.05) is 12.2 Å². The lowest BCUT2D eigenvalue weighted by Gasteiger charge is -2.27. The lowest BCUT2D eigenvalue weighted by Crippen LogP contribution is -2.36. The molecule has 2 nitrogen and oxygen atoms in total. The Morgan fingerprint density at radius 3 is 2.47 bits per heavy atom. The standard InChI is InChI=1S/C12H12BrF3N2S/c13-9-5-7(11(17)19)1-4-10(9)18(8-2-3-8)6-12(14,15)16/h1,4-5,8H,2-3,6H2,(H2,17,19). The van der Waals surface area contributed by atoms with Gasteiger partial charge in [0.1, 0.15) is 11.5 Å². The van der Waals surface area contributed by atoms with Crippen LogP contribution in [-0.2, 0) is 0 Å². The first-order chi connectivity index (χ1) is 8.78. The lowest BCUT2D eigenvalue weighted by atomic mass is 10.2. The normalized spacial score (nSPS) is 15.4. The molecule has 0 atom stereocenters. The molecule has 0 aromatic heterocycles. The molecule has 1 aromatic carbocycles. The molecule has 1 fully saturated rings. The third-order valence-electron chi connectivity index (χ3n) is 2.88. The number of rotatable bonds is 4. The van der Waals surface area contributed by atoms with Gasteiger partial charge in [-0.05, 0) is 47.0 Å². The first-order valence-corrected chi connectivity index (χ1v) is 6.91. The van der Waals surface area contributed by atoms with Crippen molar-refractivity contribution in [3.05, 3.63) is 28.2 Å². The first kappa shape index (κ1) is 14.6. The van der Waals surface area contributed by atoms with Crippen LogP contribution in [0.1, 0.15) is 18.4 Å². The molecule has 0 amide bonds. The zero-order valence-corrected chi connectivity index (χ0v) is 12.3. The Kier molecular flexibility index (Phi) is 4.06. The molecular formula is C12H12BrF3N2S. The molecule has 7 heteroatoms. The number of halogens is 4. The highest BCUT2D eigenvalue weighted by Crippen LogP contribution is 2.38. The van der Waals surface area contributed by atoms with Crippen LogP contribution in [-0.4, -0.2) is 23.8 Å². The molecule has 0 aliphatic heterocycles. The predicted molar refractivity (Wildman–Crippen MR) is 76.5 cm³/mol. The minimum Gasteiger partial charge on any atom is -0.389 e. The lowest BCUT2D eigenvalue weighted by molar-refractivity contribution is -0.120. The highest BCUT2D eigenvalue weighted by atomic mass is 79.9. The van der Waals surface area contributed by atoms with Crippen LogP contribution in [0.5, 0.6) is 0 Å². The monoisotopic (exact) mass is 352 g/mol. The molecule has 0 spiro atoms. The van der Waals surface area contributed by atoms with Crippen molar-refractivity contribution >= 4 is 38.8 Å². The van der Waals surface area contributed by atoms with Gasteiger partial charge in [-0.25, -0.2) is 0 Å². The van der Waals surface area contributed by atoms with Crippen LogP contribution in [0.3, 0.4) is 0 Å². The molecular weight excluding hydrogens is 341 g/mol. The van der Waals surface area contributed by atoms with Gasteiger partial charge in [0, 0.05) is 16.1 Å². The Balaban J connectivity index is 2.29. The van der Waals surface area contributed by atoms with E-state index in [1.165, 1.54) is 4.90 Å². The summed E-state index contributed by atoms with van der Waals surface area (Å²) in [4.78, 5) is 1.61. The number of benzene rings is 1. The number of anilines is 1. The van der Waals surface area contributed by atoms with Crippen molar-refractivity contribution < 1.29 is 13.2 Å². The van der Waals surface area contributed by atoms with Gasteiger partial charge in [-0.15, -0.1) is 0 Å². The molecule has 1 aliphatic rings. The van der Waals surface area contributed by atoms with E-state index in [4.69, 9.17) is 18.0 Å². The number of hydrogen-bond acceptors (Lipinski definition) is 2.